The molecule has 1 aromatic heterocycles. The van der Waals surface area contributed by atoms with E-state index >= 15 is 0 Å². The zero-order valence-corrected chi connectivity index (χ0v) is 14.0. The van der Waals surface area contributed by atoms with Crippen molar-refractivity contribution in [3.05, 3.63) is 53.1 Å². The van der Waals surface area contributed by atoms with Gasteiger partial charge in [-0.15, -0.1) is 0 Å². The molecule has 130 valence electrons. The highest BCUT2D eigenvalue weighted by Gasteiger charge is 2.26. The first-order valence-corrected chi connectivity index (χ1v) is 8.18. The Morgan fingerprint density at radius 1 is 1.12 bits per heavy atom. The molecule has 0 bridgehead atoms. The first kappa shape index (κ1) is 17.2. The molecule has 0 spiro atoms. The number of likely N-dealkylation sites (tertiary alicyclic amines) is 1. The van der Waals surface area contributed by atoms with E-state index in [1.165, 1.54) is 6.20 Å². The van der Waals surface area contributed by atoms with Gasteiger partial charge in [0.05, 0.1) is 17.4 Å². The Bertz CT molecular complexity index is 774. The summed E-state index contributed by atoms with van der Waals surface area (Å²) < 4.78 is 5.90. The van der Waals surface area contributed by atoms with Gasteiger partial charge in [-0.2, -0.15) is 0 Å². The number of amides is 1. The van der Waals surface area contributed by atoms with E-state index in [2.05, 4.69) is 9.97 Å². The largest absolute Gasteiger partial charge is 0.489 e. The molecule has 1 amide bonds. The van der Waals surface area contributed by atoms with Crippen molar-refractivity contribution in [1.82, 2.24) is 14.9 Å². The molecule has 1 aromatic carbocycles. The van der Waals surface area contributed by atoms with E-state index in [-0.39, 0.29) is 23.4 Å². The number of piperidine rings is 1. The normalized spacial score (nSPS) is 15.0. The number of carboxylic acids is 1. The van der Waals surface area contributed by atoms with Crippen molar-refractivity contribution in [2.75, 3.05) is 13.1 Å². The van der Waals surface area contributed by atoms with Crippen molar-refractivity contribution in [2.24, 2.45) is 0 Å². The smallest absolute Gasteiger partial charge is 0.356 e. The van der Waals surface area contributed by atoms with Crippen molar-refractivity contribution in [2.45, 2.75) is 18.9 Å². The summed E-state index contributed by atoms with van der Waals surface area (Å²) in [5, 5.41) is 9.38. The Kier molecular flexibility index (Phi) is 5.14. The lowest BCUT2D eigenvalue weighted by molar-refractivity contribution is 0.0587. The third-order valence-electron chi connectivity index (χ3n) is 3.95. The summed E-state index contributed by atoms with van der Waals surface area (Å²) in [6, 6.07) is 7.29. The van der Waals surface area contributed by atoms with E-state index in [9.17, 15) is 9.59 Å². The maximum atomic E-state index is 12.4. The Morgan fingerprint density at radius 3 is 2.36 bits per heavy atom. The van der Waals surface area contributed by atoms with Crippen LogP contribution >= 0.6 is 11.6 Å². The minimum Gasteiger partial charge on any atom is -0.489 e. The Labute approximate surface area is 149 Å². The number of hydrogen-bond donors (Lipinski definition) is 1. The molecular weight excluding hydrogens is 346 g/mol. The third-order valence-corrected chi connectivity index (χ3v) is 4.26. The molecule has 0 unspecified atom stereocenters. The van der Waals surface area contributed by atoms with Gasteiger partial charge in [0.2, 0.25) is 0 Å². The first-order valence-electron chi connectivity index (χ1n) is 7.80. The number of halogens is 1. The minimum atomic E-state index is -1.18. The molecule has 1 aliphatic rings. The molecule has 2 heterocycles. The van der Waals surface area contributed by atoms with Crippen LogP contribution in [0.2, 0.25) is 5.02 Å². The van der Waals surface area contributed by atoms with Gasteiger partial charge in [-0.1, -0.05) is 23.7 Å². The van der Waals surface area contributed by atoms with E-state index in [4.69, 9.17) is 21.4 Å². The highest BCUT2D eigenvalue weighted by atomic mass is 35.5. The predicted molar refractivity (Wildman–Crippen MR) is 90.0 cm³/mol. The summed E-state index contributed by atoms with van der Waals surface area (Å²) in [7, 11) is 0. The molecule has 0 radical (unpaired) electrons. The number of ether oxygens (including phenoxy) is 1. The minimum absolute atomic E-state index is 0.00980. The molecule has 1 saturated heterocycles. The van der Waals surface area contributed by atoms with Crippen LogP contribution in [-0.4, -0.2) is 51.0 Å². The lowest BCUT2D eigenvalue weighted by Gasteiger charge is -2.32. The number of benzene rings is 1. The molecule has 7 nitrogen and oxygen atoms in total. The van der Waals surface area contributed by atoms with E-state index in [0.29, 0.717) is 36.7 Å². The highest BCUT2D eigenvalue weighted by molar-refractivity contribution is 6.32. The molecule has 0 aliphatic carbocycles. The SMILES string of the molecule is O=C(O)c1cnc(C(=O)N2CCC(Oc3ccccc3Cl)CC2)cn1. The zero-order chi connectivity index (χ0) is 17.8. The van der Waals surface area contributed by atoms with Gasteiger partial charge in [0.25, 0.3) is 5.91 Å². The van der Waals surface area contributed by atoms with Crippen molar-refractivity contribution >= 4 is 23.5 Å². The zero-order valence-electron chi connectivity index (χ0n) is 13.3. The maximum absolute atomic E-state index is 12.4. The second-order valence-electron chi connectivity index (χ2n) is 5.63. The fraction of sp³-hybridized carbons (Fsp3) is 0.294. The summed E-state index contributed by atoms with van der Waals surface area (Å²) in [4.78, 5) is 32.5. The van der Waals surface area contributed by atoms with Gasteiger partial charge in [-0.25, -0.2) is 14.8 Å². The third kappa shape index (κ3) is 4.06. The van der Waals surface area contributed by atoms with Crippen LogP contribution in [0.3, 0.4) is 0 Å². The van der Waals surface area contributed by atoms with Crippen LogP contribution in [0.4, 0.5) is 0 Å². The topological polar surface area (TPSA) is 92.6 Å². The average molecular weight is 362 g/mol. The van der Waals surface area contributed by atoms with E-state index < -0.39 is 5.97 Å². The summed E-state index contributed by atoms with van der Waals surface area (Å²) in [6.07, 6.45) is 3.63. The van der Waals surface area contributed by atoms with Gasteiger partial charge >= 0.3 is 5.97 Å². The number of hydrogen-bond acceptors (Lipinski definition) is 5. The van der Waals surface area contributed by atoms with Gasteiger partial charge in [-0.05, 0) is 12.1 Å². The average Bonchev–Trinajstić information content (AvgIpc) is 2.64. The Morgan fingerprint density at radius 2 is 1.76 bits per heavy atom. The van der Waals surface area contributed by atoms with Crippen molar-refractivity contribution in [3.8, 4) is 5.75 Å². The molecule has 25 heavy (non-hydrogen) atoms. The quantitative estimate of drug-likeness (QED) is 0.899. The number of carboxylic acid groups (broad SMARTS) is 1. The molecule has 8 heteroatoms. The fourth-order valence-corrected chi connectivity index (χ4v) is 2.79. The van der Waals surface area contributed by atoms with Crippen molar-refractivity contribution < 1.29 is 19.4 Å². The lowest BCUT2D eigenvalue weighted by atomic mass is 10.1. The summed E-state index contributed by atoms with van der Waals surface area (Å²) >= 11 is 6.09. The first-order chi connectivity index (χ1) is 12.0. The standard InChI is InChI=1S/C17H16ClN3O4/c18-12-3-1-2-4-15(12)25-11-5-7-21(8-6-11)16(22)13-9-20-14(10-19-13)17(23)24/h1-4,9-11H,5-8H2,(H,23,24). The van der Waals surface area contributed by atoms with E-state index in [0.717, 1.165) is 6.20 Å². The van der Waals surface area contributed by atoms with Crippen LogP contribution in [0.1, 0.15) is 33.8 Å². The van der Waals surface area contributed by atoms with Gasteiger partial charge in [0.15, 0.2) is 5.69 Å². The molecule has 0 saturated carbocycles. The number of aromatic carboxylic acids is 1. The highest BCUT2D eigenvalue weighted by Crippen LogP contribution is 2.27. The molecule has 1 N–H and O–H groups in total. The van der Waals surface area contributed by atoms with Gasteiger partial charge in [-0.3, -0.25) is 4.79 Å². The number of nitrogens with zero attached hydrogens (tertiary/aromatic N) is 3. The summed E-state index contributed by atoms with van der Waals surface area (Å²) in [5.41, 5.74) is -0.0566. The Hall–Kier alpha value is -2.67. The van der Waals surface area contributed by atoms with Gasteiger partial charge < -0.3 is 14.7 Å². The van der Waals surface area contributed by atoms with Crippen LogP contribution < -0.4 is 4.74 Å². The summed E-state index contributed by atoms with van der Waals surface area (Å²) in [5.74, 6) is -0.797. The molecule has 0 atom stereocenters. The molecule has 1 aliphatic heterocycles. The second kappa shape index (κ2) is 7.48. The lowest BCUT2D eigenvalue weighted by Crippen LogP contribution is -2.42. The van der Waals surface area contributed by atoms with Crippen molar-refractivity contribution in [3.63, 3.8) is 0 Å². The van der Waals surface area contributed by atoms with Crippen LogP contribution in [0.5, 0.6) is 5.75 Å². The number of carbonyl (C=O) groups is 2. The molecule has 1 fully saturated rings. The number of aromatic nitrogens is 2. The monoisotopic (exact) mass is 361 g/mol. The fourth-order valence-electron chi connectivity index (χ4n) is 2.61. The van der Waals surface area contributed by atoms with E-state index in [1.54, 1.807) is 11.0 Å². The Balaban J connectivity index is 1.57. The van der Waals surface area contributed by atoms with Gasteiger partial charge in [0, 0.05) is 25.9 Å². The van der Waals surface area contributed by atoms with E-state index in [1.807, 2.05) is 18.2 Å². The van der Waals surface area contributed by atoms with Crippen LogP contribution in [0.15, 0.2) is 36.7 Å². The number of carbonyl (C=O) groups excluding carboxylic acids is 1. The van der Waals surface area contributed by atoms with Crippen LogP contribution in [-0.2, 0) is 0 Å². The maximum Gasteiger partial charge on any atom is 0.356 e. The molecule has 2 aromatic rings. The number of para-hydroxylation sites is 1. The molecule has 3 rings (SSSR count). The van der Waals surface area contributed by atoms with Crippen molar-refractivity contribution in [1.29, 1.82) is 0 Å². The predicted octanol–water partition coefficient (Wildman–Crippen LogP) is 2.51. The number of rotatable bonds is 4. The van der Waals surface area contributed by atoms with Gasteiger partial charge in [0.1, 0.15) is 17.5 Å². The van der Waals surface area contributed by atoms with Crippen LogP contribution in [0, 0.1) is 0 Å². The molecular formula is C17H16ClN3O4. The van der Waals surface area contributed by atoms with Crippen LogP contribution in [0.25, 0.3) is 0 Å². The second-order valence-corrected chi connectivity index (χ2v) is 6.04. The summed E-state index contributed by atoms with van der Waals surface area (Å²) in [6.45, 7) is 1.05.